The number of aryl methyl sites for hydroxylation is 2. The number of pyridine rings is 2. The van der Waals surface area contributed by atoms with Gasteiger partial charge >= 0.3 is 30.0 Å². The Bertz CT molecular complexity index is 2880. The summed E-state index contributed by atoms with van der Waals surface area (Å²) in [5, 5.41) is 18.5. The van der Waals surface area contributed by atoms with E-state index in [0.29, 0.717) is 108 Å². The predicted molar refractivity (Wildman–Crippen MR) is 314 cm³/mol. The van der Waals surface area contributed by atoms with E-state index < -0.39 is 28.3 Å². The third-order valence-corrected chi connectivity index (χ3v) is 12.7. The number of piperazine rings is 3. The number of hydrogen-bond acceptors (Lipinski definition) is 16. The van der Waals surface area contributed by atoms with E-state index in [-0.39, 0.29) is 85.7 Å². The van der Waals surface area contributed by atoms with Crippen LogP contribution in [0.4, 0.5) is 60.8 Å². The number of carbonyl (C=O) groups excluding carboxylic acids is 5. The number of nitrogens with one attached hydrogen (secondary N) is 3. The highest BCUT2D eigenvalue weighted by Crippen LogP contribution is 2.24. The molecule has 5 heterocycles. The van der Waals surface area contributed by atoms with Gasteiger partial charge in [0.05, 0.1) is 61.4 Å². The number of carbonyl (C=O) groups is 5. The second-order valence-corrected chi connectivity index (χ2v) is 18.4. The van der Waals surface area contributed by atoms with Crippen molar-refractivity contribution in [1.29, 1.82) is 0 Å². The van der Waals surface area contributed by atoms with E-state index in [4.69, 9.17) is 10.5 Å². The molecule has 0 unspecified atom stereocenters. The maximum Gasteiger partial charge on any atom is 0.409 e. The minimum absolute atomic E-state index is 0. The third kappa shape index (κ3) is 22.7. The van der Waals surface area contributed by atoms with Crippen molar-refractivity contribution in [1.82, 2.24) is 39.4 Å². The van der Waals surface area contributed by atoms with Crippen LogP contribution in [0, 0.1) is 41.4 Å². The van der Waals surface area contributed by atoms with Crippen molar-refractivity contribution >= 4 is 83.5 Å². The molecule has 0 aliphatic carbocycles. The van der Waals surface area contributed by atoms with Crippen LogP contribution in [0.5, 0.6) is 0 Å². The van der Waals surface area contributed by atoms with Gasteiger partial charge in [0.1, 0.15) is 0 Å². The molecule has 0 bridgehead atoms. The number of halogens is 5. The highest BCUT2D eigenvalue weighted by atomic mass is 35.5. The number of hydrogen-bond donors (Lipinski definition) is 4. The Kier molecular flexibility index (Phi) is 30.6. The Morgan fingerprint density at radius 1 is 0.554 bits per heavy atom. The number of ether oxygens (including phenoxy) is 3. The minimum Gasteiger partial charge on any atom is -0.453 e. The lowest BCUT2D eigenvalue weighted by atomic mass is 10.1. The van der Waals surface area contributed by atoms with Crippen molar-refractivity contribution in [2.24, 2.45) is 0 Å². The summed E-state index contributed by atoms with van der Waals surface area (Å²) in [5.41, 5.74) is 9.70. The minimum atomic E-state index is -0.794. The van der Waals surface area contributed by atoms with Crippen molar-refractivity contribution in [3.05, 3.63) is 147 Å². The van der Waals surface area contributed by atoms with Gasteiger partial charge in [-0.15, -0.1) is 24.8 Å². The molecule has 5 N–H and O–H groups in total. The molecule has 3 fully saturated rings. The molecular formula is C55H74Cl2F3N13O10. The van der Waals surface area contributed by atoms with Crippen molar-refractivity contribution in [2.75, 3.05) is 122 Å². The van der Waals surface area contributed by atoms with Gasteiger partial charge in [0.2, 0.25) is 11.7 Å². The Labute approximate surface area is 493 Å². The zero-order valence-electron chi connectivity index (χ0n) is 46.4. The van der Waals surface area contributed by atoms with Gasteiger partial charge in [0.15, 0.2) is 11.6 Å². The highest BCUT2D eigenvalue weighted by molar-refractivity contribution is 5.99. The van der Waals surface area contributed by atoms with E-state index in [9.17, 15) is 47.3 Å². The lowest BCUT2D eigenvalue weighted by Gasteiger charge is -2.33. The number of rotatable bonds is 10. The van der Waals surface area contributed by atoms with Gasteiger partial charge in [-0.2, -0.15) is 4.39 Å². The van der Waals surface area contributed by atoms with E-state index in [1.54, 1.807) is 63.4 Å². The Hall–Kier alpha value is -8.04. The zero-order chi connectivity index (χ0) is 58.3. The SMILES string of the molecule is C.CC(=O)Nc1ccc(C)nc1.COC(=O)N1CCN(Cc2cccc(N)c2F)CC1.COC(=O)N1CCN(Cc2cccc(NC(=O)Nc3ccc(C)nc3)c2F)CC1.COC(=O)N1CCN(Cc2cccc([N+](=O)[O-])c2F)CC1.Cl.Cl. The van der Waals surface area contributed by atoms with E-state index in [0.717, 1.165) is 23.1 Å². The summed E-state index contributed by atoms with van der Waals surface area (Å²) < 4.78 is 56.7. The quantitative estimate of drug-likeness (QED) is 0.0440. The largest absolute Gasteiger partial charge is 0.453 e. The summed E-state index contributed by atoms with van der Waals surface area (Å²) in [5.74, 6) is -1.69. The number of amides is 6. The fourth-order valence-corrected chi connectivity index (χ4v) is 8.30. The molecule has 3 aliphatic rings. The number of benzene rings is 3. The molecule has 0 radical (unpaired) electrons. The molecule has 0 atom stereocenters. The molecule has 83 heavy (non-hydrogen) atoms. The molecule has 8 rings (SSSR count). The van der Waals surface area contributed by atoms with Crippen LogP contribution >= 0.6 is 24.8 Å². The second-order valence-electron chi connectivity index (χ2n) is 18.4. The van der Waals surface area contributed by atoms with Gasteiger partial charge in [-0.1, -0.05) is 43.8 Å². The number of nitro benzene ring substituents is 1. The maximum atomic E-state index is 14.9. The molecule has 28 heteroatoms. The monoisotopic (exact) mass is 1200 g/mol. The molecule has 3 aromatic carbocycles. The number of nitrogens with two attached hydrogens (primary N) is 1. The van der Waals surface area contributed by atoms with Gasteiger partial charge < -0.3 is 50.6 Å². The Balaban J connectivity index is 0.000000390. The number of aromatic nitrogens is 2. The normalized spacial score (nSPS) is 14.0. The summed E-state index contributed by atoms with van der Waals surface area (Å²) in [4.78, 5) is 86.0. The number of nitrogens with zero attached hydrogens (tertiary/aromatic N) is 9. The fourth-order valence-electron chi connectivity index (χ4n) is 8.30. The van der Waals surface area contributed by atoms with Crippen molar-refractivity contribution in [3.8, 4) is 0 Å². The average Bonchev–Trinajstić information content (AvgIpc) is 3.46. The lowest BCUT2D eigenvalue weighted by molar-refractivity contribution is -0.387. The van der Waals surface area contributed by atoms with Gasteiger partial charge in [-0.25, -0.2) is 28.0 Å². The first-order valence-electron chi connectivity index (χ1n) is 25.4. The van der Waals surface area contributed by atoms with Crippen LogP contribution < -0.4 is 21.7 Å². The van der Waals surface area contributed by atoms with Gasteiger partial charge in [-0.05, 0) is 50.2 Å². The summed E-state index contributed by atoms with van der Waals surface area (Å²) in [6, 6.07) is 20.7. The lowest BCUT2D eigenvalue weighted by Crippen LogP contribution is -2.48. The zero-order valence-corrected chi connectivity index (χ0v) is 48.0. The van der Waals surface area contributed by atoms with Gasteiger partial charge in [0, 0.05) is 139 Å². The van der Waals surface area contributed by atoms with Crippen molar-refractivity contribution < 1.29 is 56.3 Å². The molecule has 5 aromatic rings. The van der Waals surface area contributed by atoms with Crippen molar-refractivity contribution in [2.45, 2.75) is 47.8 Å². The number of nitrogen functional groups attached to an aromatic ring is 1. The molecule has 454 valence electrons. The third-order valence-electron chi connectivity index (χ3n) is 12.7. The molecule has 2 aromatic heterocycles. The van der Waals surface area contributed by atoms with Crippen LogP contribution in [0.25, 0.3) is 0 Å². The summed E-state index contributed by atoms with van der Waals surface area (Å²) in [6.07, 6.45) is 2.13. The molecular weight excluding hydrogens is 1130 g/mol. The average molecular weight is 1210 g/mol. The van der Waals surface area contributed by atoms with Crippen LogP contribution in [0.2, 0.25) is 0 Å². The Morgan fingerprint density at radius 2 is 0.928 bits per heavy atom. The smallest absolute Gasteiger partial charge is 0.409 e. The molecule has 6 amide bonds. The summed E-state index contributed by atoms with van der Waals surface area (Å²) >= 11 is 0. The molecule has 23 nitrogen and oxygen atoms in total. The molecule has 3 saturated heterocycles. The number of anilines is 4. The molecule has 0 saturated carbocycles. The van der Waals surface area contributed by atoms with Gasteiger partial charge in [0.25, 0.3) is 0 Å². The molecule has 0 spiro atoms. The first-order valence-corrected chi connectivity index (χ1v) is 25.4. The molecule has 3 aliphatic heterocycles. The first-order chi connectivity index (χ1) is 38.3. The van der Waals surface area contributed by atoms with Crippen LogP contribution in [-0.4, -0.2) is 174 Å². The number of methoxy groups -OCH3 is 3. The predicted octanol–water partition coefficient (Wildman–Crippen LogP) is 8.80. The van der Waals surface area contributed by atoms with E-state index in [1.807, 2.05) is 30.9 Å². The summed E-state index contributed by atoms with van der Waals surface area (Å²) in [7, 11) is 4.05. The first kappa shape index (κ1) is 71.1. The van der Waals surface area contributed by atoms with Crippen molar-refractivity contribution in [3.63, 3.8) is 0 Å². The van der Waals surface area contributed by atoms with Gasteiger partial charge in [-0.3, -0.25) is 39.6 Å². The van der Waals surface area contributed by atoms with E-state index in [2.05, 4.69) is 45.2 Å². The maximum absolute atomic E-state index is 14.9. The van der Waals surface area contributed by atoms with Crippen LogP contribution in [0.1, 0.15) is 42.4 Å². The highest BCUT2D eigenvalue weighted by Gasteiger charge is 2.26. The second kappa shape index (κ2) is 35.7. The summed E-state index contributed by atoms with van der Waals surface area (Å²) in [6.45, 7) is 13.4. The number of nitro groups is 1. The van der Waals surface area contributed by atoms with E-state index in [1.165, 1.54) is 52.6 Å². The Morgan fingerprint density at radius 3 is 1.30 bits per heavy atom. The number of urea groups is 1. The van der Waals surface area contributed by atoms with E-state index >= 15 is 0 Å². The standard InChI is InChI=1S/C20H24FN5O3.C13H16FN3O4.C13H18FN3O2.C8H10N2O.CH4.2ClH/c1-14-6-7-16(12-22-14)23-19(27)24-17-5-3-4-15(18(17)21)13-25-8-10-26(11-9-25)20(28)29-2;1-21-13(18)16-7-5-15(6-8-16)9-10-3-2-4-11(12(10)14)17(19)20;1-19-13(18)17-7-5-16(6-8-17)9-10-3-2-4-11(15)12(10)14;1-6-3-4-8(5-9-6)10-7(2)11;;;/h3-7,12H,8-11,13H2,1-2H3,(H2,23,24,27);2-4H,5-9H2,1H3;2-4H,5-9,15H2,1H3;3-5H,1-2H3,(H,10,11);1H4;2*1H. The topological polar surface area (TPSA) is 264 Å². The van der Waals surface area contributed by atoms with Crippen LogP contribution in [0.15, 0.2) is 91.3 Å². The fraction of sp³-hybridized carbons (Fsp3) is 0.400. The van der Waals surface area contributed by atoms with Crippen LogP contribution in [-0.2, 0) is 38.6 Å². The van der Waals surface area contributed by atoms with Crippen LogP contribution in [0.3, 0.4) is 0 Å².